The van der Waals surface area contributed by atoms with Gasteiger partial charge >= 0.3 is 0 Å². The van der Waals surface area contributed by atoms with Crippen molar-refractivity contribution in [1.82, 2.24) is 19.7 Å². The number of benzene rings is 3. The predicted molar refractivity (Wildman–Crippen MR) is 153 cm³/mol. The first-order valence-corrected chi connectivity index (χ1v) is 14.1. The molecule has 2 aliphatic rings. The Kier molecular flexibility index (Phi) is 8.49. The van der Waals surface area contributed by atoms with Crippen molar-refractivity contribution in [2.24, 2.45) is 0 Å². The van der Waals surface area contributed by atoms with Gasteiger partial charge in [-0.05, 0) is 41.3 Å². The first-order valence-electron chi connectivity index (χ1n) is 14.1. The van der Waals surface area contributed by atoms with Crippen LogP contribution in [0.2, 0.25) is 0 Å². The Morgan fingerprint density at radius 2 is 1.91 bits per heavy atom. The first-order chi connectivity index (χ1) is 21.1. The summed E-state index contributed by atoms with van der Waals surface area (Å²) in [6.45, 7) is 3.29. The molecule has 0 saturated carbocycles. The second-order valence-corrected chi connectivity index (χ2v) is 10.6. The van der Waals surface area contributed by atoms with Gasteiger partial charge in [0.05, 0.1) is 24.6 Å². The van der Waals surface area contributed by atoms with E-state index in [1.807, 2.05) is 17.0 Å². The quantitative estimate of drug-likeness (QED) is 0.219. The van der Waals surface area contributed by atoms with Gasteiger partial charge in [-0.15, -0.1) is 0 Å². The van der Waals surface area contributed by atoms with Gasteiger partial charge in [0.15, 0.2) is 35.7 Å². The number of halogens is 3. The van der Waals surface area contributed by atoms with Crippen molar-refractivity contribution in [2.75, 3.05) is 33.6 Å². The van der Waals surface area contributed by atoms with Crippen LogP contribution in [-0.4, -0.2) is 53.3 Å². The lowest BCUT2D eigenvalue weighted by atomic mass is 9.95. The van der Waals surface area contributed by atoms with Gasteiger partial charge in [0, 0.05) is 43.8 Å². The third-order valence-corrected chi connectivity index (χ3v) is 7.97. The monoisotopic (exact) mass is 621 g/mol. The summed E-state index contributed by atoms with van der Waals surface area (Å²) in [4.78, 5) is 6.04. The molecule has 12 heteroatoms. The van der Waals surface area contributed by atoms with Crippen molar-refractivity contribution in [2.45, 2.75) is 26.1 Å². The SMILES string of the molecule is COc1ccc2cc3[n+](cc2c1OCCN(CCn1cncn1)Cc1ccc(F)cc1F)CCc1cc2c(cc1-3)OCO2.[Cl-]. The third-order valence-electron chi connectivity index (χ3n) is 7.97. The maximum absolute atomic E-state index is 14.5. The van der Waals surface area contributed by atoms with Crippen LogP contribution in [0.3, 0.4) is 0 Å². The fraction of sp³-hybridized carbons (Fsp3) is 0.281. The van der Waals surface area contributed by atoms with E-state index in [0.717, 1.165) is 52.6 Å². The minimum Gasteiger partial charge on any atom is -1.00 e. The van der Waals surface area contributed by atoms with E-state index in [-0.39, 0.29) is 25.7 Å². The zero-order valence-corrected chi connectivity index (χ0v) is 24.8. The Hall–Kier alpha value is -4.48. The van der Waals surface area contributed by atoms with Gasteiger partial charge in [0.25, 0.3) is 0 Å². The summed E-state index contributed by atoms with van der Waals surface area (Å²) in [5, 5.41) is 6.12. The van der Waals surface area contributed by atoms with Gasteiger partial charge in [0.2, 0.25) is 12.5 Å². The molecule has 3 aromatic carbocycles. The minimum absolute atomic E-state index is 0. The number of aromatic nitrogens is 4. The number of pyridine rings is 1. The average Bonchev–Trinajstić information content (AvgIpc) is 3.71. The molecule has 7 rings (SSSR count). The number of fused-ring (bicyclic) bond motifs is 5. The molecule has 0 saturated heterocycles. The fourth-order valence-electron chi connectivity index (χ4n) is 5.74. The Balaban J connectivity index is 0.00000343. The van der Waals surface area contributed by atoms with Crippen LogP contribution in [0.5, 0.6) is 23.0 Å². The van der Waals surface area contributed by atoms with Crippen LogP contribution < -0.4 is 35.9 Å². The summed E-state index contributed by atoms with van der Waals surface area (Å²) < 4.78 is 55.4. The van der Waals surface area contributed by atoms with Crippen molar-refractivity contribution in [3.63, 3.8) is 0 Å². The van der Waals surface area contributed by atoms with E-state index in [4.69, 9.17) is 18.9 Å². The van der Waals surface area contributed by atoms with Crippen molar-refractivity contribution in [1.29, 1.82) is 0 Å². The molecule has 0 N–H and O–H groups in total. The van der Waals surface area contributed by atoms with Gasteiger partial charge in [-0.25, -0.2) is 13.8 Å². The van der Waals surface area contributed by atoms with E-state index in [1.165, 1.54) is 24.0 Å². The van der Waals surface area contributed by atoms with Crippen LogP contribution in [0.25, 0.3) is 22.0 Å². The van der Waals surface area contributed by atoms with Crippen molar-refractivity contribution >= 4 is 10.8 Å². The van der Waals surface area contributed by atoms with E-state index in [1.54, 1.807) is 18.1 Å². The van der Waals surface area contributed by atoms with Gasteiger partial charge < -0.3 is 31.4 Å². The second kappa shape index (κ2) is 12.6. The van der Waals surface area contributed by atoms with Crippen LogP contribution in [0, 0.1) is 11.6 Å². The van der Waals surface area contributed by atoms with Crippen LogP contribution in [0.4, 0.5) is 8.78 Å². The lowest BCUT2D eigenvalue weighted by Gasteiger charge is -2.23. The summed E-state index contributed by atoms with van der Waals surface area (Å²) in [6, 6.07) is 13.9. The molecule has 0 fully saturated rings. The molecule has 0 unspecified atom stereocenters. The zero-order chi connectivity index (χ0) is 29.3. The molecule has 228 valence electrons. The smallest absolute Gasteiger partial charge is 0.231 e. The number of hydrogen-bond acceptors (Lipinski definition) is 7. The Labute approximate surface area is 259 Å². The molecule has 2 aliphatic heterocycles. The predicted octanol–water partition coefficient (Wildman–Crippen LogP) is 1.54. The van der Waals surface area contributed by atoms with Crippen LogP contribution in [-0.2, 0) is 26.1 Å². The van der Waals surface area contributed by atoms with E-state index >= 15 is 0 Å². The molecule has 4 heterocycles. The molecule has 0 atom stereocenters. The van der Waals surface area contributed by atoms with Crippen molar-refractivity contribution in [3.8, 4) is 34.3 Å². The van der Waals surface area contributed by atoms with Crippen LogP contribution >= 0.6 is 0 Å². The number of ether oxygens (including phenoxy) is 4. The summed E-state index contributed by atoms with van der Waals surface area (Å²) in [5.74, 6) is 1.67. The van der Waals surface area contributed by atoms with E-state index in [9.17, 15) is 8.78 Å². The highest BCUT2D eigenvalue weighted by molar-refractivity contribution is 5.91. The normalized spacial score (nSPS) is 13.0. The Morgan fingerprint density at radius 3 is 2.70 bits per heavy atom. The van der Waals surface area contributed by atoms with Crippen LogP contribution in [0.1, 0.15) is 11.1 Å². The number of hydrogen-bond donors (Lipinski definition) is 0. The van der Waals surface area contributed by atoms with Crippen molar-refractivity contribution in [3.05, 3.63) is 90.1 Å². The second-order valence-electron chi connectivity index (χ2n) is 10.6. The fourth-order valence-corrected chi connectivity index (χ4v) is 5.74. The molecular formula is C32H30ClF2N5O4. The molecule has 0 spiro atoms. The van der Waals surface area contributed by atoms with Gasteiger partial charge in [-0.1, -0.05) is 6.07 Å². The molecule has 44 heavy (non-hydrogen) atoms. The van der Waals surface area contributed by atoms with Crippen molar-refractivity contribution < 1.29 is 44.7 Å². The summed E-state index contributed by atoms with van der Waals surface area (Å²) in [6.07, 6.45) is 6.10. The Bertz CT molecular complexity index is 1800. The Morgan fingerprint density at radius 1 is 1.05 bits per heavy atom. The molecular weight excluding hydrogens is 592 g/mol. The van der Waals surface area contributed by atoms with E-state index < -0.39 is 11.6 Å². The number of methoxy groups -OCH3 is 1. The summed E-state index contributed by atoms with van der Waals surface area (Å²) in [7, 11) is 1.63. The first kappa shape index (κ1) is 29.6. The minimum atomic E-state index is -0.600. The van der Waals surface area contributed by atoms with Gasteiger partial charge in [0.1, 0.15) is 30.9 Å². The highest BCUT2D eigenvalue weighted by Gasteiger charge is 2.28. The average molecular weight is 622 g/mol. The highest BCUT2D eigenvalue weighted by atomic mass is 35.5. The zero-order valence-electron chi connectivity index (χ0n) is 24.0. The topological polar surface area (TPSA) is 74.8 Å². The van der Waals surface area contributed by atoms with Gasteiger partial charge in [-0.3, -0.25) is 9.58 Å². The lowest BCUT2D eigenvalue weighted by molar-refractivity contribution is -0.686. The van der Waals surface area contributed by atoms with Gasteiger partial charge in [-0.2, -0.15) is 9.67 Å². The van der Waals surface area contributed by atoms with E-state index in [2.05, 4.69) is 39.0 Å². The maximum atomic E-state index is 14.5. The molecule has 0 aliphatic carbocycles. The molecule has 2 aromatic heterocycles. The standard InChI is InChI=1S/C32H30F2N5O4.ClH/c1-40-29-5-3-21-12-28-25-15-31-30(42-20-43-31)13-22(25)6-7-38(28)17-26(21)32(29)41-11-10-37(8-9-39-19-35-18-36-39)16-23-2-4-24(33)14-27(23)34;/h2-5,12-15,17-19H,6-11,16,20H2,1H3;1H/q+1;/p-1. The van der Waals surface area contributed by atoms with Crippen LogP contribution in [0.15, 0.2) is 67.4 Å². The molecule has 0 amide bonds. The summed E-state index contributed by atoms with van der Waals surface area (Å²) >= 11 is 0. The molecule has 0 radical (unpaired) electrons. The number of nitrogens with zero attached hydrogens (tertiary/aromatic N) is 5. The van der Waals surface area contributed by atoms with E-state index in [0.29, 0.717) is 43.3 Å². The number of rotatable bonds is 10. The third kappa shape index (κ3) is 5.85. The molecule has 5 aromatic rings. The lowest BCUT2D eigenvalue weighted by Crippen LogP contribution is -3.00. The molecule has 0 bridgehead atoms. The number of aryl methyl sites for hydroxylation is 2. The molecule has 9 nitrogen and oxygen atoms in total. The maximum Gasteiger partial charge on any atom is 0.231 e. The largest absolute Gasteiger partial charge is 1.00 e. The highest BCUT2D eigenvalue weighted by Crippen LogP contribution is 2.41. The summed E-state index contributed by atoms with van der Waals surface area (Å²) in [5.41, 5.74) is 3.88.